The first-order chi connectivity index (χ1) is 14.8. The van der Waals surface area contributed by atoms with E-state index in [1.165, 1.54) is 0 Å². The molecule has 0 saturated heterocycles. The normalized spacial score (nSPS) is 20.5. The average Bonchev–Trinajstić information content (AvgIpc) is 2.70. The fraction of sp³-hybridized carbons (Fsp3) is 0.174. The Kier molecular flexibility index (Phi) is 6.25. The SMILES string of the molecule is CN1CC2=C(OC(N)=C(C#N)C2c2ccc(Cl)cc2Cl)/C(=C/c2ccc(Cl)cc2Cl)C1. The average molecular weight is 493 g/mol. The topological polar surface area (TPSA) is 62.3 Å². The number of likely N-dealkylation sites (N-methyl/N-ethyl adjacent to an activating group) is 1. The van der Waals surface area contributed by atoms with Gasteiger partial charge in [-0.3, -0.25) is 4.90 Å². The maximum atomic E-state index is 9.84. The summed E-state index contributed by atoms with van der Waals surface area (Å²) in [5.41, 5.74) is 9.86. The zero-order chi connectivity index (χ0) is 22.3. The van der Waals surface area contributed by atoms with Gasteiger partial charge in [0.15, 0.2) is 0 Å². The highest BCUT2D eigenvalue weighted by Gasteiger charge is 2.37. The van der Waals surface area contributed by atoms with E-state index in [2.05, 4.69) is 11.0 Å². The Labute approximate surface area is 200 Å². The number of nitrogens with zero attached hydrogens (tertiary/aromatic N) is 2. The lowest BCUT2D eigenvalue weighted by atomic mass is 9.80. The van der Waals surface area contributed by atoms with Gasteiger partial charge in [-0.15, -0.1) is 0 Å². The third kappa shape index (κ3) is 4.30. The molecule has 2 aliphatic rings. The predicted octanol–water partition coefficient (Wildman–Crippen LogP) is 6.39. The van der Waals surface area contributed by atoms with E-state index in [1.54, 1.807) is 24.3 Å². The van der Waals surface area contributed by atoms with Crippen LogP contribution in [0.4, 0.5) is 0 Å². The van der Waals surface area contributed by atoms with Crippen molar-refractivity contribution in [1.29, 1.82) is 5.26 Å². The molecule has 2 aromatic carbocycles. The van der Waals surface area contributed by atoms with Crippen molar-refractivity contribution in [2.75, 3.05) is 20.1 Å². The minimum atomic E-state index is -0.439. The molecule has 0 fully saturated rings. The first-order valence-electron chi connectivity index (χ1n) is 9.38. The smallest absolute Gasteiger partial charge is 0.205 e. The predicted molar refractivity (Wildman–Crippen MR) is 126 cm³/mol. The molecular formula is C23H17Cl4N3O. The Morgan fingerprint density at radius 2 is 1.74 bits per heavy atom. The molecule has 1 atom stereocenters. The summed E-state index contributed by atoms with van der Waals surface area (Å²) in [5.74, 6) is 0.261. The van der Waals surface area contributed by atoms with E-state index in [9.17, 15) is 5.26 Å². The molecule has 2 aliphatic heterocycles. The van der Waals surface area contributed by atoms with Crippen LogP contribution in [0.1, 0.15) is 17.0 Å². The van der Waals surface area contributed by atoms with E-state index in [0.29, 0.717) is 44.5 Å². The number of benzene rings is 2. The second kappa shape index (κ2) is 8.78. The van der Waals surface area contributed by atoms with Crippen molar-refractivity contribution in [2.45, 2.75) is 5.92 Å². The summed E-state index contributed by atoms with van der Waals surface area (Å²) in [6.07, 6.45) is 1.95. The molecule has 0 spiro atoms. The van der Waals surface area contributed by atoms with Gasteiger partial charge in [-0.05, 0) is 54.1 Å². The van der Waals surface area contributed by atoms with Gasteiger partial charge in [-0.2, -0.15) is 5.26 Å². The van der Waals surface area contributed by atoms with Crippen LogP contribution in [0.15, 0.2) is 64.8 Å². The van der Waals surface area contributed by atoms with E-state index in [4.69, 9.17) is 56.9 Å². The first kappa shape index (κ1) is 22.1. The second-order valence-corrected chi connectivity index (χ2v) is 9.14. The van der Waals surface area contributed by atoms with Crippen molar-refractivity contribution in [2.24, 2.45) is 5.73 Å². The molecule has 0 radical (unpaired) electrons. The number of allylic oxidation sites excluding steroid dienone is 1. The van der Waals surface area contributed by atoms with Gasteiger partial charge >= 0.3 is 0 Å². The number of rotatable bonds is 2. The largest absolute Gasteiger partial charge is 0.440 e. The van der Waals surface area contributed by atoms with Gasteiger partial charge in [0.25, 0.3) is 0 Å². The molecule has 0 saturated carbocycles. The number of nitriles is 1. The maximum absolute atomic E-state index is 9.84. The molecule has 0 aromatic heterocycles. The van der Waals surface area contributed by atoms with Crippen molar-refractivity contribution in [1.82, 2.24) is 4.90 Å². The van der Waals surface area contributed by atoms with Crippen molar-refractivity contribution in [3.63, 3.8) is 0 Å². The van der Waals surface area contributed by atoms with Gasteiger partial charge in [0.2, 0.25) is 5.88 Å². The van der Waals surface area contributed by atoms with E-state index in [0.717, 1.165) is 22.3 Å². The number of hydrogen-bond acceptors (Lipinski definition) is 4. The summed E-state index contributed by atoms with van der Waals surface area (Å²) in [5, 5.41) is 11.9. The van der Waals surface area contributed by atoms with Crippen molar-refractivity contribution >= 4 is 52.5 Å². The molecule has 0 bridgehead atoms. The quantitative estimate of drug-likeness (QED) is 0.527. The van der Waals surface area contributed by atoms with E-state index < -0.39 is 5.92 Å². The fourth-order valence-corrected chi connectivity index (χ4v) is 4.92. The van der Waals surface area contributed by atoms with Gasteiger partial charge in [0.1, 0.15) is 17.4 Å². The molecule has 1 unspecified atom stereocenters. The molecule has 2 heterocycles. The van der Waals surface area contributed by atoms with Crippen LogP contribution >= 0.6 is 46.4 Å². The molecule has 0 aliphatic carbocycles. The minimum absolute atomic E-state index is 0.0647. The summed E-state index contributed by atoms with van der Waals surface area (Å²) < 4.78 is 5.99. The van der Waals surface area contributed by atoms with Gasteiger partial charge in [-0.1, -0.05) is 58.5 Å². The zero-order valence-electron chi connectivity index (χ0n) is 16.4. The molecular weight excluding hydrogens is 476 g/mol. The lowest BCUT2D eigenvalue weighted by Crippen LogP contribution is -2.36. The standard InChI is InChI=1S/C23H17Cl4N3O/c1-30-10-13(6-12-2-3-14(24)7-19(12)26)22-18(11-30)21(17(9-28)23(29)31-22)16-5-4-15(25)8-20(16)27/h2-8,21H,10-11,29H2,1H3/b13-6+. The zero-order valence-corrected chi connectivity index (χ0v) is 19.4. The highest BCUT2D eigenvalue weighted by molar-refractivity contribution is 6.36. The van der Waals surface area contributed by atoms with Crippen LogP contribution < -0.4 is 5.73 Å². The molecule has 2 N–H and O–H groups in total. The Hall–Kier alpha value is -2.13. The lowest BCUT2D eigenvalue weighted by Gasteiger charge is -2.37. The van der Waals surface area contributed by atoms with Crippen molar-refractivity contribution < 1.29 is 4.74 Å². The second-order valence-electron chi connectivity index (χ2n) is 7.45. The molecule has 2 aromatic rings. The van der Waals surface area contributed by atoms with E-state index >= 15 is 0 Å². The minimum Gasteiger partial charge on any atom is -0.440 e. The number of ether oxygens (including phenoxy) is 1. The van der Waals surface area contributed by atoms with Crippen molar-refractivity contribution in [3.8, 4) is 6.07 Å². The van der Waals surface area contributed by atoms with Crippen LogP contribution in [0.2, 0.25) is 20.1 Å². The summed E-state index contributed by atoms with van der Waals surface area (Å²) >= 11 is 25.0. The maximum Gasteiger partial charge on any atom is 0.205 e. The third-order valence-electron chi connectivity index (χ3n) is 5.26. The molecule has 4 nitrogen and oxygen atoms in total. The molecule has 8 heteroatoms. The van der Waals surface area contributed by atoms with Crippen LogP contribution in [0, 0.1) is 11.3 Å². The van der Waals surface area contributed by atoms with Gasteiger partial charge in [-0.25, -0.2) is 0 Å². The Morgan fingerprint density at radius 1 is 1.06 bits per heavy atom. The number of halogens is 4. The lowest BCUT2D eigenvalue weighted by molar-refractivity contribution is 0.251. The Balaban J connectivity index is 1.90. The van der Waals surface area contributed by atoms with Crippen LogP contribution in [-0.2, 0) is 4.74 Å². The fourth-order valence-electron chi connectivity index (χ4n) is 3.94. The monoisotopic (exact) mass is 491 g/mol. The highest BCUT2D eigenvalue weighted by Crippen LogP contribution is 2.45. The summed E-state index contributed by atoms with van der Waals surface area (Å²) in [4.78, 5) is 2.13. The molecule has 4 rings (SSSR count). The van der Waals surface area contributed by atoms with E-state index in [1.807, 2.05) is 25.3 Å². The molecule has 0 amide bonds. The Bertz CT molecular complexity index is 1210. The van der Waals surface area contributed by atoms with Crippen LogP contribution in [0.3, 0.4) is 0 Å². The summed E-state index contributed by atoms with van der Waals surface area (Å²) in [6, 6.07) is 12.8. The third-order valence-corrected chi connectivity index (χ3v) is 6.39. The number of nitrogens with two attached hydrogens (primary N) is 1. The van der Waals surface area contributed by atoms with Crippen LogP contribution in [-0.4, -0.2) is 25.0 Å². The Morgan fingerprint density at radius 3 is 2.39 bits per heavy atom. The van der Waals surface area contributed by atoms with Gasteiger partial charge in [0.05, 0.1) is 5.92 Å². The van der Waals surface area contributed by atoms with Crippen LogP contribution in [0.5, 0.6) is 0 Å². The number of hydrogen-bond donors (Lipinski definition) is 1. The molecule has 158 valence electrons. The van der Waals surface area contributed by atoms with E-state index in [-0.39, 0.29) is 5.88 Å². The molecule has 31 heavy (non-hydrogen) atoms. The highest BCUT2D eigenvalue weighted by atomic mass is 35.5. The summed E-state index contributed by atoms with van der Waals surface area (Å²) in [6.45, 7) is 1.21. The van der Waals surface area contributed by atoms with Gasteiger partial charge < -0.3 is 10.5 Å². The van der Waals surface area contributed by atoms with Crippen molar-refractivity contribution in [3.05, 3.63) is 96.0 Å². The van der Waals surface area contributed by atoms with Gasteiger partial charge in [0, 0.05) is 38.8 Å². The van der Waals surface area contributed by atoms with Crippen LogP contribution in [0.25, 0.3) is 6.08 Å². The summed E-state index contributed by atoms with van der Waals surface area (Å²) in [7, 11) is 2.00. The first-order valence-corrected chi connectivity index (χ1v) is 10.9.